The normalized spacial score (nSPS) is 24.6. The van der Waals surface area contributed by atoms with Crippen LogP contribution in [0.15, 0.2) is 35.5 Å². The minimum absolute atomic E-state index is 0.192. The lowest BCUT2D eigenvalue weighted by molar-refractivity contribution is -0.121. The van der Waals surface area contributed by atoms with Gasteiger partial charge in [-0.3, -0.25) is 10.2 Å². The molecule has 1 unspecified atom stereocenters. The van der Waals surface area contributed by atoms with Crippen molar-refractivity contribution in [3.63, 3.8) is 0 Å². The smallest absolute Gasteiger partial charge is 0.233 e. The number of oxime groups is 1. The summed E-state index contributed by atoms with van der Waals surface area (Å²) in [4.78, 5) is 11.5. The number of amides is 1. The summed E-state index contributed by atoms with van der Waals surface area (Å²) in [6.07, 6.45) is 4.70. The molecule has 0 radical (unpaired) electrons. The van der Waals surface area contributed by atoms with Gasteiger partial charge in [0.15, 0.2) is 0 Å². The van der Waals surface area contributed by atoms with Gasteiger partial charge in [-0.2, -0.15) is 0 Å². The highest BCUT2D eigenvalue weighted by Gasteiger charge is 2.40. The average molecular weight is 275 g/mol. The Morgan fingerprint density at radius 1 is 1.35 bits per heavy atom. The minimum atomic E-state index is -0.346. The van der Waals surface area contributed by atoms with Crippen molar-refractivity contribution in [2.24, 2.45) is 11.0 Å². The van der Waals surface area contributed by atoms with E-state index in [4.69, 9.17) is 5.84 Å². The third kappa shape index (κ3) is 2.82. The van der Waals surface area contributed by atoms with Crippen molar-refractivity contribution in [1.29, 1.82) is 0 Å². The van der Waals surface area contributed by atoms with Crippen molar-refractivity contribution < 1.29 is 10.0 Å². The Morgan fingerprint density at radius 3 is 2.75 bits per heavy atom. The van der Waals surface area contributed by atoms with E-state index in [1.165, 1.54) is 0 Å². The van der Waals surface area contributed by atoms with Crippen molar-refractivity contribution in [2.75, 3.05) is 0 Å². The number of hydrogen-bond acceptors (Lipinski definition) is 4. The van der Waals surface area contributed by atoms with Crippen LogP contribution < -0.4 is 11.3 Å². The molecule has 108 valence electrons. The zero-order valence-electron chi connectivity index (χ0n) is 11.5. The number of nitrogens with two attached hydrogens (primary N) is 1. The number of carbonyl (C=O) groups excluding carboxylic acids is 1. The fourth-order valence-corrected chi connectivity index (χ4v) is 3.13. The quantitative estimate of drug-likeness (QED) is 0.340. The van der Waals surface area contributed by atoms with Gasteiger partial charge in [-0.1, -0.05) is 41.9 Å². The Bertz CT molecular complexity index is 487. The first-order valence-corrected chi connectivity index (χ1v) is 6.99. The van der Waals surface area contributed by atoms with Gasteiger partial charge in [-0.25, -0.2) is 5.84 Å². The Kier molecular flexibility index (Phi) is 4.74. The molecule has 20 heavy (non-hydrogen) atoms. The lowest BCUT2D eigenvalue weighted by Crippen LogP contribution is -2.40. The van der Waals surface area contributed by atoms with Gasteiger partial charge in [-0.05, 0) is 31.2 Å². The number of hydrogen-bond donors (Lipinski definition) is 3. The van der Waals surface area contributed by atoms with Gasteiger partial charge in [0.1, 0.15) is 0 Å². The van der Waals surface area contributed by atoms with Crippen LogP contribution in [0.3, 0.4) is 0 Å². The molecule has 1 amide bonds. The van der Waals surface area contributed by atoms with Gasteiger partial charge in [0.25, 0.3) is 0 Å². The van der Waals surface area contributed by atoms with Crippen LogP contribution in [0.2, 0.25) is 0 Å². The van der Waals surface area contributed by atoms with Gasteiger partial charge in [0.2, 0.25) is 5.91 Å². The van der Waals surface area contributed by atoms with E-state index < -0.39 is 0 Å². The predicted octanol–water partition coefficient (Wildman–Crippen LogP) is 2.10. The number of nitrogens with one attached hydrogen (secondary N) is 1. The molecule has 1 saturated carbocycles. The zero-order valence-corrected chi connectivity index (χ0v) is 11.5. The van der Waals surface area contributed by atoms with E-state index in [1.807, 2.05) is 30.3 Å². The van der Waals surface area contributed by atoms with Crippen LogP contribution in [-0.2, 0) is 10.2 Å². The van der Waals surface area contributed by atoms with Gasteiger partial charge in [0, 0.05) is 11.8 Å². The second-order valence-electron chi connectivity index (χ2n) is 5.27. The van der Waals surface area contributed by atoms with E-state index in [9.17, 15) is 10.0 Å². The van der Waals surface area contributed by atoms with Crippen LogP contribution in [0.4, 0.5) is 0 Å². The predicted molar refractivity (Wildman–Crippen MR) is 77.4 cm³/mol. The molecule has 5 heteroatoms. The molecule has 1 aromatic rings. The Labute approximate surface area is 118 Å². The molecular weight excluding hydrogens is 254 g/mol. The fourth-order valence-electron chi connectivity index (χ4n) is 3.13. The van der Waals surface area contributed by atoms with E-state index in [2.05, 4.69) is 10.6 Å². The molecule has 1 atom stereocenters. The second-order valence-corrected chi connectivity index (χ2v) is 5.27. The Balaban J connectivity index is 2.34. The van der Waals surface area contributed by atoms with Crippen molar-refractivity contribution >= 4 is 11.6 Å². The summed E-state index contributed by atoms with van der Waals surface area (Å²) in [5, 5.41) is 12.9. The fraction of sp³-hybridized carbons (Fsp3) is 0.467. The molecule has 1 fully saturated rings. The van der Waals surface area contributed by atoms with E-state index in [-0.39, 0.29) is 11.3 Å². The van der Waals surface area contributed by atoms with Gasteiger partial charge in [0.05, 0.1) is 5.71 Å². The molecule has 1 aliphatic rings. The van der Waals surface area contributed by atoms with Crippen molar-refractivity contribution in [1.82, 2.24) is 5.43 Å². The molecule has 0 aromatic heterocycles. The van der Waals surface area contributed by atoms with E-state index in [0.29, 0.717) is 12.8 Å². The van der Waals surface area contributed by atoms with E-state index >= 15 is 0 Å². The summed E-state index contributed by atoms with van der Waals surface area (Å²) in [6.45, 7) is 0. The first kappa shape index (κ1) is 14.5. The van der Waals surface area contributed by atoms with Crippen LogP contribution in [0.25, 0.3) is 0 Å². The Hall–Kier alpha value is -1.88. The average Bonchev–Trinajstić information content (AvgIpc) is 2.53. The van der Waals surface area contributed by atoms with E-state index in [1.54, 1.807) is 0 Å². The van der Waals surface area contributed by atoms with Crippen LogP contribution in [0, 0.1) is 0 Å². The maximum atomic E-state index is 11.5. The maximum Gasteiger partial charge on any atom is 0.233 e. The summed E-state index contributed by atoms with van der Waals surface area (Å²) in [5.74, 6) is 4.97. The third-order valence-electron chi connectivity index (χ3n) is 4.21. The van der Waals surface area contributed by atoms with Crippen LogP contribution in [0.5, 0.6) is 0 Å². The lowest BCUT2D eigenvalue weighted by atomic mass is 9.65. The van der Waals surface area contributed by atoms with Gasteiger partial charge < -0.3 is 5.21 Å². The van der Waals surface area contributed by atoms with Crippen molar-refractivity contribution in [3.05, 3.63) is 35.9 Å². The summed E-state index contributed by atoms with van der Waals surface area (Å²) >= 11 is 0. The number of rotatable bonds is 4. The highest BCUT2D eigenvalue weighted by molar-refractivity contribution is 5.95. The first-order valence-electron chi connectivity index (χ1n) is 6.99. The second kappa shape index (κ2) is 6.52. The first-order chi connectivity index (χ1) is 9.73. The van der Waals surface area contributed by atoms with Crippen molar-refractivity contribution in [2.45, 2.75) is 43.9 Å². The molecule has 0 saturated heterocycles. The minimum Gasteiger partial charge on any atom is -0.411 e. The lowest BCUT2D eigenvalue weighted by Gasteiger charge is -2.38. The summed E-state index contributed by atoms with van der Waals surface area (Å²) < 4.78 is 0. The summed E-state index contributed by atoms with van der Waals surface area (Å²) in [7, 11) is 0. The largest absolute Gasteiger partial charge is 0.411 e. The topological polar surface area (TPSA) is 87.7 Å². The molecule has 0 heterocycles. The van der Waals surface area contributed by atoms with Gasteiger partial charge in [-0.15, -0.1) is 0 Å². The molecule has 0 spiro atoms. The number of hydrazine groups is 1. The Morgan fingerprint density at radius 2 is 2.10 bits per heavy atom. The highest BCUT2D eigenvalue weighted by atomic mass is 16.4. The third-order valence-corrected chi connectivity index (χ3v) is 4.21. The SMILES string of the molecule is NNC(=O)CCC1(c2ccccc2)CCCCC1=NO. The standard InChI is InChI=1S/C15H21N3O2/c16-17-14(19)9-11-15(12-6-2-1-3-7-12)10-5-4-8-13(15)18-20/h1-3,6-7,20H,4-5,8-11,16H2,(H,17,19). The highest BCUT2D eigenvalue weighted by Crippen LogP contribution is 2.41. The summed E-state index contributed by atoms with van der Waals surface area (Å²) in [6, 6.07) is 9.99. The maximum absolute atomic E-state index is 11.5. The molecule has 2 rings (SSSR count). The number of carbonyl (C=O) groups is 1. The molecule has 1 aromatic carbocycles. The number of benzene rings is 1. The molecule has 0 aliphatic heterocycles. The van der Waals surface area contributed by atoms with E-state index in [0.717, 1.165) is 37.0 Å². The van der Waals surface area contributed by atoms with Crippen LogP contribution in [-0.4, -0.2) is 16.8 Å². The zero-order chi connectivity index (χ0) is 14.4. The number of nitrogens with zero attached hydrogens (tertiary/aromatic N) is 1. The van der Waals surface area contributed by atoms with Gasteiger partial charge >= 0.3 is 0 Å². The molecule has 4 N–H and O–H groups in total. The molecule has 1 aliphatic carbocycles. The van der Waals surface area contributed by atoms with Crippen molar-refractivity contribution in [3.8, 4) is 0 Å². The molecule has 0 bridgehead atoms. The molecule has 5 nitrogen and oxygen atoms in total. The van der Waals surface area contributed by atoms with Crippen LogP contribution >= 0.6 is 0 Å². The molecular formula is C15H21N3O2. The summed E-state index contributed by atoms with van der Waals surface area (Å²) in [5.41, 5.74) is 3.70. The monoisotopic (exact) mass is 275 g/mol. The van der Waals surface area contributed by atoms with Crippen LogP contribution in [0.1, 0.15) is 44.1 Å².